The first-order valence-electron chi connectivity index (χ1n) is 4.03. The zero-order valence-electron chi connectivity index (χ0n) is 6.78. The quantitative estimate of drug-likeness (QED) is 0.590. The molecule has 3 atom stereocenters. The van der Waals surface area contributed by atoms with Crippen molar-refractivity contribution < 1.29 is 13.2 Å². The molecule has 0 aliphatic heterocycles. The summed E-state index contributed by atoms with van der Waals surface area (Å²) in [5, 5.41) is 0. The fraction of sp³-hybridized carbons (Fsp3) is 1.00. The second kappa shape index (κ2) is 2.68. The third-order valence-corrected chi connectivity index (χ3v) is 2.66. The molecule has 1 saturated carbocycles. The van der Waals surface area contributed by atoms with Gasteiger partial charge >= 0.3 is 6.18 Å². The van der Waals surface area contributed by atoms with E-state index in [-0.39, 0.29) is 5.92 Å². The van der Waals surface area contributed by atoms with Crippen molar-refractivity contribution in [3.63, 3.8) is 0 Å². The van der Waals surface area contributed by atoms with E-state index >= 15 is 0 Å². The Kier molecular flexibility index (Phi) is 2.17. The Morgan fingerprint density at radius 1 is 1.45 bits per heavy atom. The lowest BCUT2D eigenvalue weighted by atomic mass is 10.0. The normalized spacial score (nSPS) is 33.5. The summed E-state index contributed by atoms with van der Waals surface area (Å²) >= 11 is 0. The molecular formula is C8H13F3. The van der Waals surface area contributed by atoms with E-state index in [1.54, 1.807) is 0 Å². The van der Waals surface area contributed by atoms with Crippen molar-refractivity contribution in [3.05, 3.63) is 0 Å². The Morgan fingerprint density at radius 2 is 2.00 bits per heavy atom. The minimum Gasteiger partial charge on any atom is -0.171 e. The molecule has 0 aromatic rings. The zero-order valence-corrected chi connectivity index (χ0v) is 6.78. The molecule has 0 aromatic heterocycles. The maximum absolute atomic E-state index is 12.0. The third kappa shape index (κ3) is 1.88. The molecule has 1 rings (SSSR count). The first-order valence-corrected chi connectivity index (χ1v) is 4.03. The Morgan fingerprint density at radius 3 is 2.27 bits per heavy atom. The van der Waals surface area contributed by atoms with E-state index < -0.39 is 12.1 Å². The topological polar surface area (TPSA) is 0 Å². The van der Waals surface area contributed by atoms with Gasteiger partial charge in [0.1, 0.15) is 0 Å². The van der Waals surface area contributed by atoms with Crippen molar-refractivity contribution >= 4 is 0 Å². The van der Waals surface area contributed by atoms with E-state index in [9.17, 15) is 13.2 Å². The molecule has 1 aliphatic carbocycles. The third-order valence-electron chi connectivity index (χ3n) is 2.66. The van der Waals surface area contributed by atoms with Gasteiger partial charge in [0.2, 0.25) is 0 Å². The molecule has 1 aliphatic rings. The molecule has 0 nitrogen and oxygen atoms in total. The summed E-state index contributed by atoms with van der Waals surface area (Å²) in [5.74, 6) is -0.834. The van der Waals surface area contributed by atoms with Gasteiger partial charge in [-0.15, -0.1) is 0 Å². The Balaban J connectivity index is 2.39. The summed E-state index contributed by atoms with van der Waals surface area (Å²) in [5.41, 5.74) is 0. The van der Waals surface area contributed by atoms with Crippen LogP contribution >= 0.6 is 0 Å². The van der Waals surface area contributed by atoms with Crippen LogP contribution in [0.5, 0.6) is 0 Å². The molecule has 0 bridgehead atoms. The first kappa shape index (κ1) is 8.88. The Labute approximate surface area is 64.8 Å². The van der Waals surface area contributed by atoms with Crippen LogP contribution in [0.25, 0.3) is 0 Å². The Bertz CT molecular complexity index is 139. The number of hydrogen-bond acceptors (Lipinski definition) is 0. The Hall–Kier alpha value is -0.210. The standard InChI is InChI=1S/C8H13F3/c1-3-6-4-7(6)5(2)8(9,10)11/h5-7H,3-4H2,1-2H3. The maximum atomic E-state index is 12.0. The predicted octanol–water partition coefficient (Wildman–Crippen LogP) is 3.23. The highest BCUT2D eigenvalue weighted by atomic mass is 19.4. The zero-order chi connectivity index (χ0) is 8.65. The molecule has 0 N–H and O–H groups in total. The van der Waals surface area contributed by atoms with Crippen molar-refractivity contribution in [2.45, 2.75) is 32.9 Å². The predicted molar refractivity (Wildman–Crippen MR) is 37.1 cm³/mol. The molecule has 3 unspecified atom stereocenters. The van der Waals surface area contributed by atoms with Crippen LogP contribution in [0.3, 0.4) is 0 Å². The van der Waals surface area contributed by atoms with Crippen LogP contribution < -0.4 is 0 Å². The van der Waals surface area contributed by atoms with E-state index in [1.807, 2.05) is 6.92 Å². The van der Waals surface area contributed by atoms with Crippen molar-refractivity contribution in [2.24, 2.45) is 17.8 Å². The van der Waals surface area contributed by atoms with Crippen LogP contribution in [-0.2, 0) is 0 Å². The molecule has 0 amide bonds. The summed E-state index contributed by atoms with van der Waals surface area (Å²) in [4.78, 5) is 0. The average Bonchev–Trinajstić information content (AvgIpc) is 2.62. The van der Waals surface area contributed by atoms with Crippen molar-refractivity contribution in [2.75, 3.05) is 0 Å². The van der Waals surface area contributed by atoms with Gasteiger partial charge in [0.25, 0.3) is 0 Å². The smallest absolute Gasteiger partial charge is 0.171 e. The van der Waals surface area contributed by atoms with Gasteiger partial charge in [0, 0.05) is 0 Å². The summed E-state index contributed by atoms with van der Waals surface area (Å²) in [6, 6.07) is 0. The molecule has 11 heavy (non-hydrogen) atoms. The van der Waals surface area contributed by atoms with Gasteiger partial charge in [-0.3, -0.25) is 0 Å². The van der Waals surface area contributed by atoms with Gasteiger partial charge in [0.05, 0.1) is 5.92 Å². The summed E-state index contributed by atoms with van der Waals surface area (Å²) in [6.07, 6.45) is -2.31. The van der Waals surface area contributed by atoms with Crippen molar-refractivity contribution in [1.82, 2.24) is 0 Å². The molecule has 0 spiro atoms. The highest BCUT2D eigenvalue weighted by Gasteiger charge is 2.50. The van der Waals surface area contributed by atoms with Crippen LogP contribution in [0.4, 0.5) is 13.2 Å². The van der Waals surface area contributed by atoms with E-state index in [0.29, 0.717) is 5.92 Å². The van der Waals surface area contributed by atoms with Gasteiger partial charge < -0.3 is 0 Å². The molecule has 3 heteroatoms. The van der Waals surface area contributed by atoms with Crippen LogP contribution in [-0.4, -0.2) is 6.18 Å². The van der Waals surface area contributed by atoms with Gasteiger partial charge in [-0.2, -0.15) is 13.2 Å². The average molecular weight is 166 g/mol. The van der Waals surface area contributed by atoms with E-state index in [2.05, 4.69) is 0 Å². The lowest BCUT2D eigenvalue weighted by Gasteiger charge is -2.14. The number of hydrogen-bond donors (Lipinski definition) is 0. The monoisotopic (exact) mass is 166 g/mol. The SMILES string of the molecule is CCC1CC1C(C)C(F)(F)F. The summed E-state index contributed by atoms with van der Waals surface area (Å²) < 4.78 is 36.1. The molecule has 0 aromatic carbocycles. The molecule has 0 saturated heterocycles. The fourth-order valence-electron chi connectivity index (χ4n) is 1.60. The van der Waals surface area contributed by atoms with Crippen molar-refractivity contribution in [1.29, 1.82) is 0 Å². The van der Waals surface area contributed by atoms with E-state index in [0.717, 1.165) is 12.8 Å². The van der Waals surface area contributed by atoms with Crippen LogP contribution in [0.15, 0.2) is 0 Å². The molecular weight excluding hydrogens is 153 g/mol. The molecule has 0 radical (unpaired) electrons. The summed E-state index contributed by atoms with van der Waals surface area (Å²) in [6.45, 7) is 3.24. The minimum absolute atomic E-state index is 0.0833. The largest absolute Gasteiger partial charge is 0.391 e. The van der Waals surface area contributed by atoms with E-state index in [1.165, 1.54) is 6.92 Å². The lowest BCUT2D eigenvalue weighted by Crippen LogP contribution is -2.22. The second-order valence-corrected chi connectivity index (χ2v) is 3.40. The van der Waals surface area contributed by atoms with Crippen molar-refractivity contribution in [3.8, 4) is 0 Å². The highest BCUT2D eigenvalue weighted by molar-refractivity contribution is 4.91. The number of halogens is 3. The van der Waals surface area contributed by atoms with E-state index in [4.69, 9.17) is 0 Å². The number of alkyl halides is 3. The fourth-order valence-corrected chi connectivity index (χ4v) is 1.60. The molecule has 1 fully saturated rings. The van der Waals surface area contributed by atoms with Crippen LogP contribution in [0.2, 0.25) is 0 Å². The van der Waals surface area contributed by atoms with Gasteiger partial charge in [0.15, 0.2) is 0 Å². The minimum atomic E-state index is -3.98. The first-order chi connectivity index (χ1) is 4.96. The van der Waals surface area contributed by atoms with Crippen LogP contribution in [0, 0.1) is 17.8 Å². The summed E-state index contributed by atoms with van der Waals surface area (Å²) in [7, 11) is 0. The number of rotatable bonds is 2. The van der Waals surface area contributed by atoms with Crippen LogP contribution in [0.1, 0.15) is 26.7 Å². The van der Waals surface area contributed by atoms with Gasteiger partial charge in [-0.25, -0.2) is 0 Å². The highest BCUT2D eigenvalue weighted by Crippen LogP contribution is 2.51. The van der Waals surface area contributed by atoms with Gasteiger partial charge in [-0.1, -0.05) is 20.3 Å². The maximum Gasteiger partial charge on any atom is 0.391 e. The second-order valence-electron chi connectivity index (χ2n) is 3.40. The molecule has 66 valence electrons. The lowest BCUT2D eigenvalue weighted by molar-refractivity contribution is -0.176. The van der Waals surface area contributed by atoms with Gasteiger partial charge in [-0.05, 0) is 18.3 Å². The molecule has 0 heterocycles.